The van der Waals surface area contributed by atoms with E-state index in [0.29, 0.717) is 12.4 Å². The molecule has 0 saturated heterocycles. The van der Waals surface area contributed by atoms with Crippen molar-refractivity contribution in [2.45, 2.75) is 32.9 Å². The van der Waals surface area contributed by atoms with Crippen LogP contribution in [0.5, 0.6) is 0 Å². The van der Waals surface area contributed by atoms with Gasteiger partial charge < -0.3 is 14.6 Å². The second-order valence-electron chi connectivity index (χ2n) is 6.02. The van der Waals surface area contributed by atoms with Crippen molar-refractivity contribution in [1.29, 1.82) is 0 Å². The van der Waals surface area contributed by atoms with Crippen LogP contribution in [0.1, 0.15) is 26.5 Å². The van der Waals surface area contributed by atoms with Crippen LogP contribution in [-0.2, 0) is 18.3 Å². The Balaban J connectivity index is 1.87. The number of ether oxygens (including phenoxy) is 1. The number of aromatic nitrogens is 2. The van der Waals surface area contributed by atoms with Crippen LogP contribution < -0.4 is 10.6 Å². The van der Waals surface area contributed by atoms with Crippen molar-refractivity contribution >= 4 is 17.6 Å². The first-order valence-electron chi connectivity index (χ1n) is 7.14. The molecule has 118 valence electrons. The van der Waals surface area contributed by atoms with Gasteiger partial charge in [0.2, 0.25) is 0 Å². The minimum atomic E-state index is -0.527. The minimum absolute atomic E-state index is 0.457. The van der Waals surface area contributed by atoms with Gasteiger partial charge in [-0.25, -0.2) is 9.78 Å². The van der Waals surface area contributed by atoms with Crippen molar-refractivity contribution in [2.24, 2.45) is 7.05 Å². The SMILES string of the molecule is Cn1cccc1CNc1ccc(NC(=O)OC(C)(C)C)nc1. The summed E-state index contributed by atoms with van der Waals surface area (Å²) in [5, 5.41) is 5.88. The van der Waals surface area contributed by atoms with Gasteiger partial charge in [0, 0.05) is 18.9 Å². The Hall–Kier alpha value is -2.50. The van der Waals surface area contributed by atoms with E-state index in [2.05, 4.69) is 26.3 Å². The van der Waals surface area contributed by atoms with Crippen LogP contribution in [0.25, 0.3) is 0 Å². The number of nitrogens with zero attached hydrogens (tertiary/aromatic N) is 2. The highest BCUT2D eigenvalue weighted by molar-refractivity contribution is 5.83. The third-order valence-electron chi connectivity index (χ3n) is 2.92. The lowest BCUT2D eigenvalue weighted by Crippen LogP contribution is -2.27. The molecular weight excluding hydrogens is 280 g/mol. The summed E-state index contributed by atoms with van der Waals surface area (Å²) >= 11 is 0. The van der Waals surface area contributed by atoms with E-state index in [1.165, 1.54) is 5.69 Å². The zero-order chi connectivity index (χ0) is 16.2. The number of amides is 1. The Morgan fingerprint density at radius 3 is 2.64 bits per heavy atom. The molecule has 0 aromatic carbocycles. The van der Waals surface area contributed by atoms with Gasteiger partial charge in [0.25, 0.3) is 0 Å². The van der Waals surface area contributed by atoms with Crippen LogP contribution in [0.2, 0.25) is 0 Å². The molecule has 22 heavy (non-hydrogen) atoms. The number of nitrogens with one attached hydrogen (secondary N) is 2. The van der Waals surface area contributed by atoms with E-state index in [0.717, 1.165) is 5.69 Å². The van der Waals surface area contributed by atoms with Gasteiger partial charge in [0.05, 0.1) is 18.4 Å². The fourth-order valence-corrected chi connectivity index (χ4v) is 1.85. The van der Waals surface area contributed by atoms with Gasteiger partial charge in [-0.15, -0.1) is 0 Å². The van der Waals surface area contributed by atoms with E-state index in [4.69, 9.17) is 4.74 Å². The van der Waals surface area contributed by atoms with Gasteiger partial charge in [-0.05, 0) is 45.0 Å². The fourth-order valence-electron chi connectivity index (χ4n) is 1.85. The van der Waals surface area contributed by atoms with Crippen LogP contribution in [0.4, 0.5) is 16.3 Å². The van der Waals surface area contributed by atoms with Gasteiger partial charge in [-0.3, -0.25) is 5.32 Å². The van der Waals surface area contributed by atoms with E-state index in [1.807, 2.05) is 46.1 Å². The van der Waals surface area contributed by atoms with Gasteiger partial charge >= 0.3 is 6.09 Å². The molecule has 0 spiro atoms. The molecule has 0 atom stereocenters. The number of anilines is 2. The molecule has 2 aromatic rings. The van der Waals surface area contributed by atoms with Crippen LogP contribution in [0.3, 0.4) is 0 Å². The zero-order valence-electron chi connectivity index (χ0n) is 13.4. The Morgan fingerprint density at radius 1 is 1.32 bits per heavy atom. The summed E-state index contributed by atoms with van der Waals surface area (Å²) in [6.07, 6.45) is 3.17. The highest BCUT2D eigenvalue weighted by atomic mass is 16.6. The Bertz CT molecular complexity index is 626. The Morgan fingerprint density at radius 2 is 2.09 bits per heavy atom. The van der Waals surface area contributed by atoms with Crippen LogP contribution in [0.15, 0.2) is 36.7 Å². The van der Waals surface area contributed by atoms with Crippen LogP contribution in [0, 0.1) is 0 Å². The molecule has 1 amide bonds. The summed E-state index contributed by atoms with van der Waals surface area (Å²) in [6.45, 7) is 6.16. The van der Waals surface area contributed by atoms with E-state index < -0.39 is 11.7 Å². The fraction of sp³-hybridized carbons (Fsp3) is 0.375. The highest BCUT2D eigenvalue weighted by Gasteiger charge is 2.16. The second kappa shape index (κ2) is 6.51. The number of carbonyl (C=O) groups excluding carboxylic acids is 1. The van der Waals surface area contributed by atoms with Crippen molar-refractivity contribution < 1.29 is 9.53 Å². The third kappa shape index (κ3) is 4.80. The molecule has 2 heterocycles. The summed E-state index contributed by atoms with van der Waals surface area (Å²) < 4.78 is 7.23. The largest absolute Gasteiger partial charge is 0.444 e. The van der Waals surface area contributed by atoms with Crippen LogP contribution >= 0.6 is 0 Å². The van der Waals surface area contributed by atoms with E-state index in [9.17, 15) is 4.79 Å². The molecular formula is C16H22N4O2. The molecule has 2 N–H and O–H groups in total. The number of aryl methyl sites for hydroxylation is 1. The molecule has 0 fully saturated rings. The summed E-state index contributed by atoms with van der Waals surface area (Å²) in [7, 11) is 2.00. The predicted molar refractivity (Wildman–Crippen MR) is 86.8 cm³/mol. The van der Waals surface area contributed by atoms with Crippen molar-refractivity contribution in [2.75, 3.05) is 10.6 Å². The van der Waals surface area contributed by atoms with E-state index in [1.54, 1.807) is 12.3 Å². The molecule has 6 heteroatoms. The number of rotatable bonds is 4. The summed E-state index contributed by atoms with van der Waals surface area (Å²) in [6, 6.07) is 7.65. The lowest BCUT2D eigenvalue weighted by atomic mass is 10.2. The van der Waals surface area contributed by atoms with Crippen molar-refractivity contribution in [1.82, 2.24) is 9.55 Å². The maximum Gasteiger partial charge on any atom is 0.413 e. The average Bonchev–Trinajstić information content (AvgIpc) is 2.81. The first-order chi connectivity index (χ1) is 10.3. The molecule has 2 rings (SSSR count). The van der Waals surface area contributed by atoms with Crippen molar-refractivity contribution in [3.05, 3.63) is 42.4 Å². The molecule has 0 radical (unpaired) electrons. The number of carbonyl (C=O) groups is 1. The minimum Gasteiger partial charge on any atom is -0.444 e. The average molecular weight is 302 g/mol. The molecule has 0 saturated carbocycles. The quantitative estimate of drug-likeness (QED) is 0.908. The topological polar surface area (TPSA) is 68.2 Å². The molecule has 0 aliphatic rings. The zero-order valence-corrected chi connectivity index (χ0v) is 13.4. The standard InChI is InChI=1S/C16H22N4O2/c1-16(2,3)22-15(21)19-14-8-7-12(10-18-14)17-11-13-6-5-9-20(13)4/h5-10,17H,11H2,1-4H3,(H,18,19,21). The van der Waals surface area contributed by atoms with Gasteiger partial charge in [-0.2, -0.15) is 0 Å². The molecule has 2 aromatic heterocycles. The number of hydrogen-bond donors (Lipinski definition) is 2. The summed E-state index contributed by atoms with van der Waals surface area (Å²) in [5.41, 5.74) is 1.53. The van der Waals surface area contributed by atoms with E-state index >= 15 is 0 Å². The van der Waals surface area contributed by atoms with Gasteiger partial charge in [0.15, 0.2) is 0 Å². The molecule has 0 aliphatic heterocycles. The first kappa shape index (κ1) is 15.9. The first-order valence-corrected chi connectivity index (χ1v) is 7.14. The number of hydrogen-bond acceptors (Lipinski definition) is 4. The molecule has 6 nitrogen and oxygen atoms in total. The third-order valence-corrected chi connectivity index (χ3v) is 2.92. The molecule has 0 bridgehead atoms. The Labute approximate surface area is 130 Å². The van der Waals surface area contributed by atoms with Crippen molar-refractivity contribution in [3.8, 4) is 0 Å². The van der Waals surface area contributed by atoms with Crippen LogP contribution in [-0.4, -0.2) is 21.2 Å². The normalized spacial score (nSPS) is 11.1. The highest BCUT2D eigenvalue weighted by Crippen LogP contribution is 2.13. The van der Waals surface area contributed by atoms with Gasteiger partial charge in [-0.1, -0.05) is 0 Å². The Kier molecular flexibility index (Phi) is 4.70. The van der Waals surface area contributed by atoms with E-state index in [-0.39, 0.29) is 0 Å². The monoisotopic (exact) mass is 302 g/mol. The second-order valence-corrected chi connectivity index (χ2v) is 6.02. The lowest BCUT2D eigenvalue weighted by Gasteiger charge is -2.19. The predicted octanol–water partition coefficient (Wildman–Crippen LogP) is 3.38. The van der Waals surface area contributed by atoms with Crippen molar-refractivity contribution in [3.63, 3.8) is 0 Å². The number of pyridine rings is 1. The molecule has 0 unspecified atom stereocenters. The lowest BCUT2D eigenvalue weighted by molar-refractivity contribution is 0.0635. The maximum absolute atomic E-state index is 11.6. The summed E-state index contributed by atoms with van der Waals surface area (Å²) in [5.74, 6) is 0.457. The summed E-state index contributed by atoms with van der Waals surface area (Å²) in [4.78, 5) is 15.8. The maximum atomic E-state index is 11.6. The van der Waals surface area contributed by atoms with Gasteiger partial charge in [0.1, 0.15) is 11.4 Å². The molecule has 0 aliphatic carbocycles. The smallest absolute Gasteiger partial charge is 0.413 e.